The lowest BCUT2D eigenvalue weighted by molar-refractivity contribution is -0.137. The van der Waals surface area contributed by atoms with Gasteiger partial charge in [0, 0.05) is 10.0 Å². The van der Waals surface area contributed by atoms with Crippen LogP contribution in [-0.2, 0) is 6.18 Å². The number of carbonyl (C=O) groups is 1. The minimum Gasteiger partial charge on any atom is -0.288 e. The molecule has 100 valence electrons. The number of ketones is 1. The molecule has 0 saturated heterocycles. The lowest BCUT2D eigenvalue weighted by atomic mass is 10.1. The Bertz CT molecular complexity index is 615. The zero-order valence-corrected chi connectivity index (χ0v) is 13.1. The van der Waals surface area contributed by atoms with Crippen LogP contribution in [0.2, 0.25) is 0 Å². The molecule has 0 atom stereocenters. The molecule has 0 radical (unpaired) electrons. The van der Waals surface area contributed by atoms with E-state index in [1.165, 1.54) is 23.5 Å². The highest BCUT2D eigenvalue weighted by Gasteiger charge is 2.31. The smallest absolute Gasteiger partial charge is 0.288 e. The second kappa shape index (κ2) is 5.38. The fourth-order valence-corrected chi connectivity index (χ4v) is 3.44. The van der Waals surface area contributed by atoms with E-state index < -0.39 is 17.5 Å². The molecule has 0 aliphatic heterocycles. The molecule has 1 aromatic heterocycles. The lowest BCUT2D eigenvalue weighted by Gasteiger charge is -2.07. The molecule has 0 fully saturated rings. The normalized spacial score (nSPS) is 11.6. The number of hydrogen-bond acceptors (Lipinski definition) is 2. The van der Waals surface area contributed by atoms with Crippen molar-refractivity contribution in [2.45, 2.75) is 6.18 Å². The summed E-state index contributed by atoms with van der Waals surface area (Å²) in [4.78, 5) is 12.5. The Morgan fingerprint density at radius 3 is 2.37 bits per heavy atom. The number of benzene rings is 1. The van der Waals surface area contributed by atoms with Crippen LogP contribution >= 0.6 is 43.2 Å². The molecule has 0 unspecified atom stereocenters. The maximum Gasteiger partial charge on any atom is 0.416 e. The first kappa shape index (κ1) is 14.7. The van der Waals surface area contributed by atoms with E-state index >= 15 is 0 Å². The van der Waals surface area contributed by atoms with Gasteiger partial charge in [0.05, 0.1) is 14.2 Å². The Balaban J connectivity index is 2.39. The summed E-state index contributed by atoms with van der Waals surface area (Å²) in [5.41, 5.74) is -0.802. The predicted molar refractivity (Wildman–Crippen MR) is 74.6 cm³/mol. The molecule has 2 rings (SSSR count). The molecular weight excluding hydrogens is 409 g/mol. The van der Waals surface area contributed by atoms with Crippen LogP contribution in [0.5, 0.6) is 0 Å². The zero-order chi connectivity index (χ0) is 14.2. The summed E-state index contributed by atoms with van der Waals surface area (Å²) in [5, 5.41) is 0. The predicted octanol–water partition coefficient (Wildman–Crippen LogP) is 5.52. The van der Waals surface area contributed by atoms with Gasteiger partial charge < -0.3 is 0 Å². The molecule has 0 N–H and O–H groups in total. The van der Waals surface area contributed by atoms with Crippen LogP contribution in [0.15, 0.2) is 38.6 Å². The van der Waals surface area contributed by atoms with Crippen molar-refractivity contribution >= 4 is 49.0 Å². The van der Waals surface area contributed by atoms with Gasteiger partial charge in [-0.15, -0.1) is 11.3 Å². The SMILES string of the molecule is O=C(c1cccc(C(F)(F)F)c1)c1cc(Br)c(Br)s1. The van der Waals surface area contributed by atoms with Crippen molar-refractivity contribution in [3.63, 3.8) is 0 Å². The number of thiophene rings is 1. The van der Waals surface area contributed by atoms with Gasteiger partial charge in [0.2, 0.25) is 5.78 Å². The Labute approximate surface area is 127 Å². The summed E-state index contributed by atoms with van der Waals surface area (Å²) in [6, 6.07) is 5.99. The van der Waals surface area contributed by atoms with Gasteiger partial charge in [-0.2, -0.15) is 13.2 Å². The maximum absolute atomic E-state index is 12.6. The first-order valence-corrected chi connectivity index (χ1v) is 7.36. The van der Waals surface area contributed by atoms with Crippen molar-refractivity contribution in [3.8, 4) is 0 Å². The van der Waals surface area contributed by atoms with E-state index in [2.05, 4.69) is 31.9 Å². The highest BCUT2D eigenvalue weighted by molar-refractivity contribution is 9.13. The molecular formula is C12H5Br2F3OS. The van der Waals surface area contributed by atoms with Crippen molar-refractivity contribution in [1.82, 2.24) is 0 Å². The van der Waals surface area contributed by atoms with Crippen LogP contribution in [0.25, 0.3) is 0 Å². The minimum atomic E-state index is -4.45. The molecule has 0 aliphatic rings. The first-order chi connectivity index (χ1) is 8.79. The van der Waals surface area contributed by atoms with Gasteiger partial charge in [-0.3, -0.25) is 4.79 Å². The van der Waals surface area contributed by atoms with Crippen LogP contribution in [0, 0.1) is 0 Å². The summed E-state index contributed by atoms with van der Waals surface area (Å²) < 4.78 is 39.2. The second-order valence-electron chi connectivity index (χ2n) is 3.64. The van der Waals surface area contributed by atoms with Gasteiger partial charge in [0.25, 0.3) is 0 Å². The fraction of sp³-hybridized carbons (Fsp3) is 0.0833. The van der Waals surface area contributed by atoms with Crippen molar-refractivity contribution in [2.75, 3.05) is 0 Å². The van der Waals surface area contributed by atoms with Crippen LogP contribution in [0.1, 0.15) is 20.8 Å². The molecule has 0 spiro atoms. The van der Waals surface area contributed by atoms with Crippen LogP contribution in [0.4, 0.5) is 13.2 Å². The van der Waals surface area contributed by atoms with Crippen molar-refractivity contribution in [3.05, 3.63) is 54.6 Å². The number of halogens is 5. The monoisotopic (exact) mass is 412 g/mol. The Morgan fingerprint density at radius 1 is 1.16 bits per heavy atom. The Morgan fingerprint density at radius 2 is 1.84 bits per heavy atom. The molecule has 1 nitrogen and oxygen atoms in total. The Kier molecular flexibility index (Phi) is 4.17. The summed E-state index contributed by atoms with van der Waals surface area (Å²) in [5.74, 6) is -0.428. The van der Waals surface area contributed by atoms with E-state index in [0.29, 0.717) is 9.35 Å². The van der Waals surface area contributed by atoms with E-state index in [-0.39, 0.29) is 5.56 Å². The van der Waals surface area contributed by atoms with Crippen molar-refractivity contribution in [1.29, 1.82) is 0 Å². The highest BCUT2D eigenvalue weighted by atomic mass is 79.9. The molecule has 2 aromatic rings. The molecule has 19 heavy (non-hydrogen) atoms. The third kappa shape index (κ3) is 3.27. The third-order valence-corrected chi connectivity index (χ3v) is 5.58. The molecule has 0 bridgehead atoms. The van der Waals surface area contributed by atoms with Crippen LogP contribution < -0.4 is 0 Å². The fourth-order valence-electron chi connectivity index (χ4n) is 1.44. The molecule has 0 aliphatic carbocycles. The molecule has 0 amide bonds. The molecule has 7 heteroatoms. The molecule has 1 aromatic carbocycles. The quantitative estimate of drug-likeness (QED) is 0.592. The van der Waals surface area contributed by atoms with E-state index in [9.17, 15) is 18.0 Å². The van der Waals surface area contributed by atoms with Gasteiger partial charge in [-0.05, 0) is 50.1 Å². The standard InChI is InChI=1S/C12H5Br2F3OS/c13-8-5-9(19-11(8)14)10(18)6-2-1-3-7(4-6)12(15,16)17/h1-5H. The summed E-state index contributed by atoms with van der Waals surface area (Å²) in [6.07, 6.45) is -4.45. The van der Waals surface area contributed by atoms with E-state index in [4.69, 9.17) is 0 Å². The van der Waals surface area contributed by atoms with Gasteiger partial charge in [-0.1, -0.05) is 12.1 Å². The van der Waals surface area contributed by atoms with Crippen LogP contribution in [-0.4, -0.2) is 5.78 Å². The average molecular weight is 414 g/mol. The van der Waals surface area contributed by atoms with Gasteiger partial charge in [0.15, 0.2) is 0 Å². The Hall–Kier alpha value is -0.660. The molecule has 0 saturated carbocycles. The average Bonchev–Trinajstić information content (AvgIpc) is 2.68. The van der Waals surface area contributed by atoms with Gasteiger partial charge in [0.1, 0.15) is 0 Å². The van der Waals surface area contributed by atoms with E-state index in [1.807, 2.05) is 0 Å². The third-order valence-electron chi connectivity index (χ3n) is 2.32. The van der Waals surface area contributed by atoms with E-state index in [1.54, 1.807) is 6.07 Å². The number of carbonyl (C=O) groups excluding carboxylic acids is 1. The number of alkyl halides is 3. The lowest BCUT2D eigenvalue weighted by Crippen LogP contribution is -2.07. The van der Waals surface area contributed by atoms with E-state index in [0.717, 1.165) is 15.9 Å². The zero-order valence-electron chi connectivity index (χ0n) is 9.09. The first-order valence-electron chi connectivity index (χ1n) is 4.96. The summed E-state index contributed by atoms with van der Waals surface area (Å²) in [6.45, 7) is 0. The number of hydrogen-bond donors (Lipinski definition) is 0. The maximum atomic E-state index is 12.6. The highest BCUT2D eigenvalue weighted by Crippen LogP contribution is 2.34. The minimum absolute atomic E-state index is 0.0241. The summed E-state index contributed by atoms with van der Waals surface area (Å²) in [7, 11) is 0. The van der Waals surface area contributed by atoms with Crippen molar-refractivity contribution < 1.29 is 18.0 Å². The van der Waals surface area contributed by atoms with Gasteiger partial charge >= 0.3 is 6.18 Å². The largest absolute Gasteiger partial charge is 0.416 e. The number of rotatable bonds is 2. The van der Waals surface area contributed by atoms with Crippen LogP contribution in [0.3, 0.4) is 0 Å². The topological polar surface area (TPSA) is 17.1 Å². The molecule has 1 heterocycles. The van der Waals surface area contributed by atoms with Crippen molar-refractivity contribution in [2.24, 2.45) is 0 Å². The van der Waals surface area contributed by atoms with Gasteiger partial charge in [-0.25, -0.2) is 0 Å². The summed E-state index contributed by atoms with van der Waals surface area (Å²) >= 11 is 7.65. The second-order valence-corrected chi connectivity index (χ2v) is 6.86.